The maximum Gasteiger partial charge on any atom is 0.407 e. The van der Waals surface area contributed by atoms with Crippen LogP contribution in [0.4, 0.5) is 18.0 Å². The second kappa shape index (κ2) is 7.49. The number of hydrogen-bond donors (Lipinski definition) is 2. The molecule has 2 N–H and O–H groups in total. The molecule has 1 aromatic rings. The van der Waals surface area contributed by atoms with E-state index >= 15 is 0 Å². The van der Waals surface area contributed by atoms with Crippen LogP contribution in [-0.4, -0.2) is 30.7 Å². The molecule has 0 saturated carbocycles. The summed E-state index contributed by atoms with van der Waals surface area (Å²) in [6, 6.07) is 5.55. The molecule has 0 spiro atoms. The van der Waals surface area contributed by atoms with Crippen molar-refractivity contribution in [2.24, 2.45) is 0 Å². The fraction of sp³-hybridized carbons (Fsp3) is 0.533. The lowest BCUT2D eigenvalue weighted by Crippen LogP contribution is -2.44. The van der Waals surface area contributed by atoms with Crippen LogP contribution in [0.15, 0.2) is 24.3 Å². The van der Waals surface area contributed by atoms with Crippen LogP contribution in [0.5, 0.6) is 0 Å². The van der Waals surface area contributed by atoms with Crippen molar-refractivity contribution < 1.29 is 22.7 Å². The summed E-state index contributed by atoms with van der Waals surface area (Å²) >= 11 is 0. The van der Waals surface area contributed by atoms with Gasteiger partial charge in [0.25, 0.3) is 5.92 Å². The van der Waals surface area contributed by atoms with Crippen LogP contribution in [-0.2, 0) is 11.3 Å². The Morgan fingerprint density at radius 1 is 1.14 bits per heavy atom. The molecular formula is C15H21F3N2O2. The minimum Gasteiger partial charge on any atom is -0.444 e. The Morgan fingerprint density at radius 2 is 1.73 bits per heavy atom. The summed E-state index contributed by atoms with van der Waals surface area (Å²) in [5, 5.41) is 4.60. The van der Waals surface area contributed by atoms with Gasteiger partial charge in [0.05, 0.1) is 13.1 Å². The van der Waals surface area contributed by atoms with E-state index in [0.29, 0.717) is 5.56 Å². The average Bonchev–Trinajstić information content (AvgIpc) is 2.37. The molecule has 0 heterocycles. The molecule has 0 aliphatic carbocycles. The zero-order valence-electron chi connectivity index (χ0n) is 12.9. The van der Waals surface area contributed by atoms with Crippen LogP contribution in [0.1, 0.15) is 26.3 Å². The molecule has 1 aromatic carbocycles. The molecule has 0 aliphatic heterocycles. The summed E-state index contributed by atoms with van der Waals surface area (Å²) in [6.45, 7) is 3.69. The highest BCUT2D eigenvalue weighted by Gasteiger charge is 2.30. The molecule has 0 saturated heterocycles. The Bertz CT molecular complexity index is 485. The topological polar surface area (TPSA) is 50.4 Å². The van der Waals surface area contributed by atoms with Gasteiger partial charge in [-0.2, -0.15) is 0 Å². The third-order valence-electron chi connectivity index (χ3n) is 2.52. The highest BCUT2D eigenvalue weighted by atomic mass is 19.3. The summed E-state index contributed by atoms with van der Waals surface area (Å²) in [4.78, 5) is 11.3. The van der Waals surface area contributed by atoms with Crippen molar-refractivity contribution in [2.45, 2.75) is 38.8 Å². The molecule has 7 heteroatoms. The number of hydrogen-bond acceptors (Lipinski definition) is 3. The Hall–Kier alpha value is -1.76. The molecule has 0 fully saturated rings. The van der Waals surface area contributed by atoms with E-state index in [-0.39, 0.29) is 12.4 Å². The van der Waals surface area contributed by atoms with Gasteiger partial charge in [0.1, 0.15) is 11.4 Å². The van der Waals surface area contributed by atoms with E-state index in [1.165, 1.54) is 24.3 Å². The molecule has 0 unspecified atom stereocenters. The average molecular weight is 318 g/mol. The lowest BCUT2D eigenvalue weighted by atomic mass is 10.2. The minimum atomic E-state index is -3.11. The van der Waals surface area contributed by atoms with Crippen molar-refractivity contribution in [3.8, 4) is 0 Å². The van der Waals surface area contributed by atoms with Crippen LogP contribution >= 0.6 is 0 Å². The van der Waals surface area contributed by atoms with Crippen molar-refractivity contribution in [1.82, 2.24) is 10.6 Å². The largest absolute Gasteiger partial charge is 0.444 e. The van der Waals surface area contributed by atoms with E-state index in [0.717, 1.165) is 0 Å². The highest BCUT2D eigenvalue weighted by Crippen LogP contribution is 2.12. The molecule has 1 rings (SSSR count). The number of ether oxygens (including phenoxy) is 1. The van der Waals surface area contributed by atoms with Crippen LogP contribution in [0.2, 0.25) is 0 Å². The van der Waals surface area contributed by atoms with E-state index in [1.807, 2.05) is 5.32 Å². The van der Waals surface area contributed by atoms with Gasteiger partial charge in [-0.1, -0.05) is 12.1 Å². The van der Waals surface area contributed by atoms with Crippen molar-refractivity contribution in [2.75, 3.05) is 13.1 Å². The number of carbonyl (C=O) groups excluding carboxylic acids is 1. The van der Waals surface area contributed by atoms with Crippen molar-refractivity contribution in [1.29, 1.82) is 0 Å². The van der Waals surface area contributed by atoms with E-state index in [2.05, 4.69) is 5.32 Å². The van der Waals surface area contributed by atoms with E-state index in [1.54, 1.807) is 20.8 Å². The number of amides is 1. The van der Waals surface area contributed by atoms with Crippen LogP contribution in [0.3, 0.4) is 0 Å². The van der Waals surface area contributed by atoms with Gasteiger partial charge in [0.15, 0.2) is 0 Å². The first-order valence-electron chi connectivity index (χ1n) is 6.87. The summed E-state index contributed by atoms with van der Waals surface area (Å²) in [5.74, 6) is -3.49. The lowest BCUT2D eigenvalue weighted by Gasteiger charge is -2.22. The van der Waals surface area contributed by atoms with Gasteiger partial charge < -0.3 is 15.4 Å². The van der Waals surface area contributed by atoms with E-state index in [9.17, 15) is 18.0 Å². The standard InChI is InChI=1S/C15H21F3N2O2/c1-14(2,3)22-13(21)20-10-15(17,18)9-19-8-11-4-6-12(16)7-5-11/h4-7,19H,8-10H2,1-3H3,(H,20,21). The van der Waals surface area contributed by atoms with Gasteiger partial charge in [0, 0.05) is 6.54 Å². The number of nitrogens with one attached hydrogen (secondary N) is 2. The van der Waals surface area contributed by atoms with Gasteiger partial charge in [-0.15, -0.1) is 0 Å². The normalized spacial score (nSPS) is 12.1. The maximum absolute atomic E-state index is 13.6. The number of benzene rings is 1. The third-order valence-corrected chi connectivity index (χ3v) is 2.52. The summed E-state index contributed by atoms with van der Waals surface area (Å²) in [6.07, 6.45) is -0.884. The zero-order valence-corrected chi connectivity index (χ0v) is 12.9. The molecule has 1 amide bonds. The Kier molecular flexibility index (Phi) is 6.22. The first-order valence-corrected chi connectivity index (χ1v) is 6.87. The van der Waals surface area contributed by atoms with E-state index < -0.39 is 30.7 Å². The van der Waals surface area contributed by atoms with Crippen molar-refractivity contribution in [3.63, 3.8) is 0 Å². The fourth-order valence-electron chi connectivity index (χ4n) is 1.57. The van der Waals surface area contributed by atoms with E-state index in [4.69, 9.17) is 4.74 Å². The minimum absolute atomic E-state index is 0.183. The number of carbonyl (C=O) groups is 1. The van der Waals surface area contributed by atoms with Crippen LogP contribution < -0.4 is 10.6 Å². The van der Waals surface area contributed by atoms with Crippen LogP contribution in [0, 0.1) is 5.82 Å². The first kappa shape index (κ1) is 18.3. The molecule has 0 aromatic heterocycles. The van der Waals surface area contributed by atoms with Gasteiger partial charge in [-0.05, 0) is 38.5 Å². The molecule has 4 nitrogen and oxygen atoms in total. The lowest BCUT2D eigenvalue weighted by molar-refractivity contribution is -0.00376. The number of rotatable bonds is 6. The number of halogens is 3. The Balaban J connectivity index is 2.31. The highest BCUT2D eigenvalue weighted by molar-refractivity contribution is 5.67. The monoisotopic (exact) mass is 318 g/mol. The van der Waals surface area contributed by atoms with Crippen molar-refractivity contribution >= 4 is 6.09 Å². The summed E-state index contributed by atoms with van der Waals surface area (Å²) in [5.41, 5.74) is -0.0440. The maximum atomic E-state index is 13.6. The molecule has 0 atom stereocenters. The zero-order chi connectivity index (χ0) is 16.8. The van der Waals surface area contributed by atoms with Gasteiger partial charge in [-0.25, -0.2) is 18.0 Å². The van der Waals surface area contributed by atoms with Crippen LogP contribution in [0.25, 0.3) is 0 Å². The molecule has 0 bridgehead atoms. The summed E-state index contributed by atoms with van der Waals surface area (Å²) in [7, 11) is 0. The van der Waals surface area contributed by atoms with Crippen molar-refractivity contribution in [3.05, 3.63) is 35.6 Å². The predicted octanol–water partition coefficient (Wildman–Crippen LogP) is 3.08. The summed E-state index contributed by atoms with van der Waals surface area (Å²) < 4.78 is 44.8. The van der Waals surface area contributed by atoms with Gasteiger partial charge in [-0.3, -0.25) is 0 Å². The quantitative estimate of drug-likeness (QED) is 0.847. The predicted molar refractivity (Wildman–Crippen MR) is 77.3 cm³/mol. The first-order chi connectivity index (χ1) is 10.1. The molecule has 0 radical (unpaired) electrons. The van der Waals surface area contributed by atoms with Gasteiger partial charge >= 0.3 is 6.09 Å². The smallest absolute Gasteiger partial charge is 0.407 e. The SMILES string of the molecule is CC(C)(C)OC(=O)NCC(F)(F)CNCc1ccc(F)cc1. The fourth-order valence-corrected chi connectivity index (χ4v) is 1.57. The third kappa shape index (κ3) is 7.87. The Morgan fingerprint density at radius 3 is 2.27 bits per heavy atom. The molecule has 0 aliphatic rings. The number of alkyl carbamates (subject to hydrolysis) is 1. The second-order valence-corrected chi connectivity index (χ2v) is 5.94. The molecular weight excluding hydrogens is 297 g/mol. The second-order valence-electron chi connectivity index (χ2n) is 5.94. The Labute approximate surface area is 128 Å². The molecule has 22 heavy (non-hydrogen) atoms. The number of alkyl halides is 2. The molecule has 124 valence electrons. The van der Waals surface area contributed by atoms with Gasteiger partial charge in [0.2, 0.25) is 0 Å².